The molecule has 0 spiro atoms. The van der Waals surface area contributed by atoms with E-state index in [1.54, 1.807) is 0 Å². The molecule has 0 bridgehead atoms. The van der Waals surface area contributed by atoms with Gasteiger partial charge in [0.2, 0.25) is 11.8 Å². The molecule has 2 aliphatic rings. The first-order chi connectivity index (χ1) is 12.1. The Labute approximate surface area is 152 Å². The lowest BCUT2D eigenvalue weighted by Crippen LogP contribution is -2.53. The number of nitrogens with zero attached hydrogens (tertiary/aromatic N) is 2. The van der Waals surface area contributed by atoms with Gasteiger partial charge >= 0.3 is 0 Å². The molecule has 3 rings (SSSR count). The van der Waals surface area contributed by atoms with Gasteiger partial charge in [0.05, 0.1) is 12.6 Å². The number of rotatable bonds is 4. The second kappa shape index (κ2) is 8.03. The summed E-state index contributed by atoms with van der Waals surface area (Å²) in [5.74, 6) is -0.0784. The molecule has 1 aromatic carbocycles. The van der Waals surface area contributed by atoms with E-state index in [4.69, 9.17) is 17.3 Å². The van der Waals surface area contributed by atoms with Gasteiger partial charge in [0.15, 0.2) is 0 Å². The van der Waals surface area contributed by atoms with Gasteiger partial charge in [0.25, 0.3) is 0 Å². The van der Waals surface area contributed by atoms with Gasteiger partial charge in [0, 0.05) is 49.5 Å². The smallest absolute Gasteiger partial charge is 0.239 e. The number of nitrogens with two attached hydrogens (primary N) is 1. The Morgan fingerprint density at radius 2 is 2.04 bits per heavy atom. The maximum absolute atomic E-state index is 12.7. The van der Waals surface area contributed by atoms with Crippen molar-refractivity contribution < 1.29 is 9.59 Å². The number of hydrogen-bond donors (Lipinski definition) is 3. The average Bonchev–Trinajstić information content (AvgIpc) is 3.09. The fraction of sp³-hybridized carbons (Fsp3) is 0.529. The molecular formula is C17H24ClN5O2. The first-order valence-electron chi connectivity index (χ1n) is 8.59. The van der Waals surface area contributed by atoms with Crippen LogP contribution in [0.1, 0.15) is 6.42 Å². The van der Waals surface area contributed by atoms with Gasteiger partial charge in [-0.25, -0.2) is 0 Å². The van der Waals surface area contributed by atoms with Crippen molar-refractivity contribution in [3.05, 3.63) is 29.3 Å². The topological polar surface area (TPSA) is 90.7 Å². The lowest BCUT2D eigenvalue weighted by Gasteiger charge is -2.37. The first-order valence-corrected chi connectivity index (χ1v) is 8.96. The molecule has 2 fully saturated rings. The quantitative estimate of drug-likeness (QED) is 0.687. The van der Waals surface area contributed by atoms with Crippen LogP contribution in [-0.2, 0) is 9.59 Å². The Kier molecular flexibility index (Phi) is 5.78. The molecule has 2 heterocycles. The van der Waals surface area contributed by atoms with Gasteiger partial charge in [-0.15, -0.1) is 0 Å². The van der Waals surface area contributed by atoms with Gasteiger partial charge in [-0.1, -0.05) is 17.7 Å². The van der Waals surface area contributed by atoms with E-state index in [1.165, 1.54) is 0 Å². The van der Waals surface area contributed by atoms with Gasteiger partial charge in [-0.3, -0.25) is 9.59 Å². The average molecular weight is 366 g/mol. The molecule has 0 aromatic heterocycles. The zero-order valence-electron chi connectivity index (χ0n) is 14.1. The zero-order chi connectivity index (χ0) is 17.8. The Morgan fingerprint density at radius 1 is 1.28 bits per heavy atom. The minimum absolute atomic E-state index is 0.0272. The Morgan fingerprint density at radius 3 is 2.72 bits per heavy atom. The molecule has 0 saturated carbocycles. The predicted molar refractivity (Wildman–Crippen MR) is 97.6 cm³/mol. The summed E-state index contributed by atoms with van der Waals surface area (Å²) in [4.78, 5) is 28.2. The van der Waals surface area contributed by atoms with Crippen molar-refractivity contribution in [3.63, 3.8) is 0 Å². The second-order valence-electron chi connectivity index (χ2n) is 6.46. The largest absolute Gasteiger partial charge is 0.368 e. The van der Waals surface area contributed by atoms with Gasteiger partial charge in [-0.2, -0.15) is 0 Å². The molecule has 0 aliphatic carbocycles. The highest BCUT2D eigenvalue weighted by atomic mass is 35.5. The molecule has 1 aromatic rings. The molecule has 2 atom stereocenters. The van der Waals surface area contributed by atoms with Crippen molar-refractivity contribution in [2.75, 3.05) is 44.2 Å². The number of hydrogen-bond acceptors (Lipinski definition) is 5. The van der Waals surface area contributed by atoms with E-state index in [2.05, 4.69) is 15.5 Å². The van der Waals surface area contributed by atoms with Crippen molar-refractivity contribution >= 4 is 29.1 Å². The summed E-state index contributed by atoms with van der Waals surface area (Å²) < 4.78 is 0. The van der Waals surface area contributed by atoms with Crippen molar-refractivity contribution in [1.82, 2.24) is 15.5 Å². The molecule has 136 valence electrons. The standard InChI is InChI=1S/C17H24ClN5O2/c18-12-2-1-3-14(8-12)22-4-6-23(7-5-22)17(25)15-9-13(11-20-15)21-16(24)10-19/h1-3,8,13,15,20H,4-7,9-11,19H2,(H,21,24)/t13?,15-/m0/s1. The van der Waals surface area contributed by atoms with E-state index in [9.17, 15) is 9.59 Å². The molecule has 2 aliphatic heterocycles. The number of halogens is 1. The number of nitrogens with one attached hydrogen (secondary N) is 2. The Bertz CT molecular complexity index is 633. The van der Waals surface area contributed by atoms with E-state index in [0.29, 0.717) is 26.1 Å². The fourth-order valence-electron chi connectivity index (χ4n) is 3.40. The van der Waals surface area contributed by atoms with Gasteiger partial charge in [-0.05, 0) is 24.6 Å². The number of carbonyl (C=O) groups is 2. The third-order valence-corrected chi connectivity index (χ3v) is 4.98. The molecule has 2 saturated heterocycles. The minimum Gasteiger partial charge on any atom is -0.368 e. The summed E-state index contributed by atoms with van der Waals surface area (Å²) in [6.07, 6.45) is 0.610. The van der Waals surface area contributed by atoms with Crippen molar-refractivity contribution in [2.45, 2.75) is 18.5 Å². The van der Waals surface area contributed by atoms with E-state index in [0.717, 1.165) is 23.8 Å². The summed E-state index contributed by atoms with van der Waals surface area (Å²) in [7, 11) is 0. The molecule has 7 nitrogen and oxygen atoms in total. The van der Waals surface area contributed by atoms with Crippen LogP contribution in [-0.4, -0.2) is 68.1 Å². The highest BCUT2D eigenvalue weighted by Crippen LogP contribution is 2.21. The van der Waals surface area contributed by atoms with Crippen LogP contribution in [0.4, 0.5) is 5.69 Å². The fourth-order valence-corrected chi connectivity index (χ4v) is 3.58. The number of piperazine rings is 1. The van der Waals surface area contributed by atoms with Crippen LogP contribution >= 0.6 is 11.6 Å². The van der Waals surface area contributed by atoms with Crippen LogP contribution in [0.2, 0.25) is 5.02 Å². The molecule has 8 heteroatoms. The lowest BCUT2D eigenvalue weighted by atomic mass is 10.1. The summed E-state index contributed by atoms with van der Waals surface area (Å²) in [5.41, 5.74) is 6.40. The van der Waals surface area contributed by atoms with Crippen molar-refractivity contribution in [2.24, 2.45) is 5.73 Å². The third-order valence-electron chi connectivity index (χ3n) is 4.74. The van der Waals surface area contributed by atoms with Gasteiger partial charge in [0.1, 0.15) is 0 Å². The summed E-state index contributed by atoms with van der Waals surface area (Å²) in [6.45, 7) is 3.51. The zero-order valence-corrected chi connectivity index (χ0v) is 14.8. The monoisotopic (exact) mass is 365 g/mol. The molecule has 4 N–H and O–H groups in total. The number of benzene rings is 1. The second-order valence-corrected chi connectivity index (χ2v) is 6.89. The van der Waals surface area contributed by atoms with Crippen LogP contribution in [0.3, 0.4) is 0 Å². The van der Waals surface area contributed by atoms with Crippen LogP contribution < -0.4 is 21.3 Å². The highest BCUT2D eigenvalue weighted by Gasteiger charge is 2.34. The Balaban J connectivity index is 1.49. The van der Waals surface area contributed by atoms with E-state index >= 15 is 0 Å². The van der Waals surface area contributed by atoms with Crippen LogP contribution in [0.15, 0.2) is 24.3 Å². The maximum Gasteiger partial charge on any atom is 0.239 e. The molecule has 1 unspecified atom stereocenters. The molecular weight excluding hydrogens is 342 g/mol. The summed E-state index contributed by atoms with van der Waals surface area (Å²) >= 11 is 6.05. The van der Waals surface area contributed by atoms with E-state index < -0.39 is 0 Å². The summed E-state index contributed by atoms with van der Waals surface area (Å²) in [6, 6.07) is 7.51. The number of carbonyl (C=O) groups excluding carboxylic acids is 2. The van der Waals surface area contributed by atoms with E-state index in [1.807, 2.05) is 29.2 Å². The molecule has 25 heavy (non-hydrogen) atoms. The van der Waals surface area contributed by atoms with Crippen LogP contribution in [0, 0.1) is 0 Å². The Hall–Kier alpha value is -1.83. The minimum atomic E-state index is -0.235. The lowest BCUT2D eigenvalue weighted by molar-refractivity contribution is -0.133. The number of amides is 2. The van der Waals surface area contributed by atoms with Crippen LogP contribution in [0.25, 0.3) is 0 Å². The first kappa shape index (κ1) is 18.0. The normalized spacial score (nSPS) is 23.6. The van der Waals surface area contributed by atoms with Crippen LogP contribution in [0.5, 0.6) is 0 Å². The highest BCUT2D eigenvalue weighted by molar-refractivity contribution is 6.30. The van der Waals surface area contributed by atoms with Gasteiger partial charge < -0.3 is 26.2 Å². The van der Waals surface area contributed by atoms with Crippen molar-refractivity contribution in [1.29, 1.82) is 0 Å². The maximum atomic E-state index is 12.7. The predicted octanol–water partition coefficient (Wildman–Crippen LogP) is -0.206. The molecule has 2 amide bonds. The third kappa shape index (κ3) is 4.42. The SMILES string of the molecule is NCC(=O)NC1CN[C@H](C(=O)N2CCN(c3cccc(Cl)c3)CC2)C1. The molecule has 0 radical (unpaired) electrons. The van der Waals surface area contributed by atoms with E-state index in [-0.39, 0.29) is 30.4 Å². The van der Waals surface area contributed by atoms with Crippen molar-refractivity contribution in [3.8, 4) is 0 Å². The number of anilines is 1. The summed E-state index contributed by atoms with van der Waals surface area (Å²) in [5, 5.41) is 6.76.